The van der Waals surface area contributed by atoms with Crippen LogP contribution in [-0.4, -0.2) is 28.1 Å². The van der Waals surface area contributed by atoms with Gasteiger partial charge in [-0.25, -0.2) is 4.79 Å². The van der Waals surface area contributed by atoms with Crippen LogP contribution < -0.4 is 5.32 Å². The summed E-state index contributed by atoms with van der Waals surface area (Å²) >= 11 is 0. The number of nitrogens with one attached hydrogen (secondary N) is 1. The van der Waals surface area contributed by atoms with Crippen molar-refractivity contribution in [2.45, 2.75) is 12.5 Å². The summed E-state index contributed by atoms with van der Waals surface area (Å²) in [6.07, 6.45) is 0.0602. The van der Waals surface area contributed by atoms with E-state index in [0.29, 0.717) is 11.1 Å². The Balaban J connectivity index is 2.07. The maximum absolute atomic E-state index is 12.0. The van der Waals surface area contributed by atoms with Crippen molar-refractivity contribution in [1.82, 2.24) is 5.32 Å². The molecular formula is C16H13NO4. The molecule has 5 heteroatoms. The van der Waals surface area contributed by atoms with Crippen LogP contribution in [-0.2, 0) is 11.2 Å². The molecule has 0 radical (unpaired) electrons. The first-order valence-corrected chi connectivity index (χ1v) is 6.27. The maximum Gasteiger partial charge on any atom is 0.326 e. The van der Waals surface area contributed by atoms with E-state index in [1.54, 1.807) is 30.3 Å². The third-order valence-corrected chi connectivity index (χ3v) is 2.86. The Kier molecular flexibility index (Phi) is 4.42. The van der Waals surface area contributed by atoms with Crippen LogP contribution in [0.15, 0.2) is 42.5 Å². The van der Waals surface area contributed by atoms with Gasteiger partial charge in [0, 0.05) is 17.5 Å². The van der Waals surface area contributed by atoms with E-state index in [-0.39, 0.29) is 12.2 Å². The zero-order valence-electron chi connectivity index (χ0n) is 11.0. The lowest BCUT2D eigenvalue weighted by molar-refractivity contribution is -0.139. The highest BCUT2D eigenvalue weighted by molar-refractivity contribution is 5.96. The Morgan fingerprint density at radius 2 is 1.81 bits per heavy atom. The third kappa shape index (κ3) is 3.98. The molecule has 1 unspecified atom stereocenters. The second-order valence-corrected chi connectivity index (χ2v) is 4.43. The van der Waals surface area contributed by atoms with Gasteiger partial charge in [-0.3, -0.25) is 4.79 Å². The van der Waals surface area contributed by atoms with Gasteiger partial charge in [0.2, 0.25) is 0 Å². The van der Waals surface area contributed by atoms with E-state index in [2.05, 4.69) is 17.4 Å². The maximum atomic E-state index is 12.0. The van der Waals surface area contributed by atoms with Crippen LogP contribution in [0.2, 0.25) is 0 Å². The average Bonchev–Trinajstić information content (AvgIpc) is 2.49. The lowest BCUT2D eigenvalue weighted by atomic mass is 10.1. The molecule has 1 atom stereocenters. The van der Waals surface area contributed by atoms with Gasteiger partial charge in [0.1, 0.15) is 6.04 Å². The summed E-state index contributed by atoms with van der Waals surface area (Å²) in [6, 6.07) is 15.3. The van der Waals surface area contributed by atoms with Gasteiger partial charge in [0.05, 0.1) is 0 Å². The number of aromatic hydroxyl groups is 1. The van der Waals surface area contributed by atoms with Crippen LogP contribution in [0, 0.1) is 12.1 Å². The topological polar surface area (TPSA) is 86.6 Å². The van der Waals surface area contributed by atoms with Crippen molar-refractivity contribution in [1.29, 1.82) is 0 Å². The smallest absolute Gasteiger partial charge is 0.326 e. The molecule has 0 aromatic heterocycles. The van der Waals surface area contributed by atoms with E-state index in [9.17, 15) is 14.7 Å². The number of carbonyl (C=O) groups is 2. The molecule has 0 spiro atoms. The second kappa shape index (κ2) is 6.44. The van der Waals surface area contributed by atoms with E-state index in [1.807, 2.05) is 0 Å². The van der Waals surface area contributed by atoms with Crippen molar-refractivity contribution in [3.63, 3.8) is 0 Å². The van der Waals surface area contributed by atoms with Crippen molar-refractivity contribution >= 4 is 11.9 Å². The zero-order valence-corrected chi connectivity index (χ0v) is 11.0. The van der Waals surface area contributed by atoms with Crippen LogP contribution in [0.4, 0.5) is 0 Å². The molecule has 0 heterocycles. The van der Waals surface area contributed by atoms with Gasteiger partial charge in [-0.2, -0.15) is 0 Å². The number of carboxylic acids is 1. The van der Waals surface area contributed by atoms with Crippen LogP contribution >= 0.6 is 0 Å². The van der Waals surface area contributed by atoms with Crippen molar-refractivity contribution < 1.29 is 19.8 Å². The van der Waals surface area contributed by atoms with Crippen LogP contribution in [0.3, 0.4) is 0 Å². The highest BCUT2D eigenvalue weighted by Crippen LogP contribution is 2.07. The predicted molar refractivity (Wildman–Crippen MR) is 74.8 cm³/mol. The average molecular weight is 283 g/mol. The minimum atomic E-state index is -1.14. The Morgan fingerprint density at radius 1 is 1.10 bits per heavy atom. The molecule has 106 valence electrons. The molecule has 1 amide bonds. The number of carbonyl (C=O) groups excluding carboxylic acids is 1. The highest BCUT2D eigenvalue weighted by atomic mass is 16.4. The summed E-state index contributed by atoms with van der Waals surface area (Å²) in [5.41, 5.74) is 0.929. The highest BCUT2D eigenvalue weighted by Gasteiger charge is 2.21. The number of hydrogen-bond acceptors (Lipinski definition) is 3. The number of aliphatic carboxylic acids is 1. The standard InChI is InChI=1S/C16H13NO4/c18-13-8-6-11(7-9-13)10-14(16(20)21)17-15(19)12-4-2-1-3-5-12/h1-6,8,14,18H,10H2,(H,17,19)(H,20,21). The lowest BCUT2D eigenvalue weighted by Gasteiger charge is -2.13. The quantitative estimate of drug-likeness (QED) is 0.774. The number of benzene rings is 1. The number of rotatable bonds is 5. The first-order valence-electron chi connectivity index (χ1n) is 6.27. The summed E-state index contributed by atoms with van der Waals surface area (Å²) in [6.45, 7) is 0. The fraction of sp³-hybridized carbons (Fsp3) is 0.125. The van der Waals surface area contributed by atoms with Gasteiger partial charge in [-0.05, 0) is 30.3 Å². The fourth-order valence-electron chi connectivity index (χ4n) is 1.78. The Bertz CT molecular complexity index is 622. The fourth-order valence-corrected chi connectivity index (χ4v) is 1.78. The van der Waals surface area contributed by atoms with E-state index in [4.69, 9.17) is 5.11 Å². The Labute approximate surface area is 121 Å². The summed E-state index contributed by atoms with van der Waals surface area (Å²) in [4.78, 5) is 23.2. The van der Waals surface area contributed by atoms with Gasteiger partial charge in [-0.1, -0.05) is 24.3 Å². The molecule has 0 bridgehead atoms. The monoisotopic (exact) mass is 283 g/mol. The second-order valence-electron chi connectivity index (χ2n) is 4.43. The third-order valence-electron chi connectivity index (χ3n) is 2.86. The van der Waals surface area contributed by atoms with E-state index in [0.717, 1.165) is 0 Å². The first-order chi connectivity index (χ1) is 10.1. The Hall–Kier alpha value is -3.00. The summed E-state index contributed by atoms with van der Waals surface area (Å²) in [5.74, 6) is -1.66. The predicted octanol–water partition coefficient (Wildman–Crippen LogP) is 1.42. The van der Waals surface area contributed by atoms with Crippen LogP contribution in [0.1, 0.15) is 15.9 Å². The van der Waals surface area contributed by atoms with Gasteiger partial charge >= 0.3 is 5.97 Å². The molecule has 5 nitrogen and oxygen atoms in total. The van der Waals surface area contributed by atoms with E-state index >= 15 is 0 Å². The molecule has 3 N–H and O–H groups in total. The molecule has 21 heavy (non-hydrogen) atoms. The SMILES string of the molecule is O=C(NC(Cc1c#cc(O)cc1)C(=O)O)c1ccccc1. The molecule has 0 aliphatic heterocycles. The van der Waals surface area contributed by atoms with E-state index < -0.39 is 17.9 Å². The minimum Gasteiger partial charge on any atom is -0.501 e. The zero-order chi connectivity index (χ0) is 15.2. The molecule has 2 rings (SSSR count). The van der Waals surface area contributed by atoms with Crippen LogP contribution in [0.5, 0.6) is 5.75 Å². The van der Waals surface area contributed by atoms with Crippen molar-refractivity contribution in [3.05, 3.63) is 65.7 Å². The van der Waals surface area contributed by atoms with Crippen LogP contribution in [0.25, 0.3) is 0 Å². The van der Waals surface area contributed by atoms with Crippen molar-refractivity contribution in [2.24, 2.45) is 0 Å². The largest absolute Gasteiger partial charge is 0.501 e. The van der Waals surface area contributed by atoms with Crippen molar-refractivity contribution in [2.75, 3.05) is 0 Å². The number of amides is 1. The molecule has 2 aromatic rings. The summed E-state index contributed by atoms with van der Waals surface area (Å²) in [7, 11) is 0. The summed E-state index contributed by atoms with van der Waals surface area (Å²) < 4.78 is 0. The minimum absolute atomic E-state index is 0.0602. The van der Waals surface area contributed by atoms with Gasteiger partial charge < -0.3 is 15.5 Å². The van der Waals surface area contributed by atoms with E-state index in [1.165, 1.54) is 12.1 Å². The lowest BCUT2D eigenvalue weighted by Crippen LogP contribution is -2.42. The normalized spacial score (nSPS) is 11.2. The molecule has 0 saturated heterocycles. The van der Waals surface area contributed by atoms with Gasteiger partial charge in [-0.15, -0.1) is 0 Å². The van der Waals surface area contributed by atoms with Gasteiger partial charge in [0.15, 0.2) is 5.75 Å². The molecule has 2 aromatic carbocycles. The summed E-state index contributed by atoms with van der Waals surface area (Å²) in [5, 5.41) is 20.8. The molecule has 0 aliphatic rings. The number of hydrogen-bond donors (Lipinski definition) is 3. The first kappa shape index (κ1) is 14.4. The van der Waals surface area contributed by atoms with Gasteiger partial charge in [0.25, 0.3) is 5.91 Å². The molecular weight excluding hydrogens is 270 g/mol. The van der Waals surface area contributed by atoms with Crippen molar-refractivity contribution in [3.8, 4) is 5.75 Å². The Morgan fingerprint density at radius 3 is 2.38 bits per heavy atom. The molecule has 0 fully saturated rings. The molecule has 0 saturated carbocycles. The number of carboxylic acid groups (broad SMARTS) is 1. The molecule has 0 aliphatic carbocycles.